The van der Waals surface area contributed by atoms with Gasteiger partial charge in [0.1, 0.15) is 11.6 Å². The minimum atomic E-state index is -0.953. The second-order valence-electron chi connectivity index (χ2n) is 4.43. The fraction of sp³-hybridized carbons (Fsp3) is 0.333. The summed E-state index contributed by atoms with van der Waals surface area (Å²) in [6, 6.07) is 3.02. The summed E-state index contributed by atoms with van der Waals surface area (Å²) >= 11 is 0. The van der Waals surface area contributed by atoms with E-state index in [2.05, 4.69) is 5.32 Å². The summed E-state index contributed by atoms with van der Waals surface area (Å²) in [6.07, 6.45) is 1.02. The molecule has 0 heterocycles. The minimum absolute atomic E-state index is 0.0167. The predicted octanol–water partition coefficient (Wildman–Crippen LogP) is 1.13. The third-order valence-electron chi connectivity index (χ3n) is 3.10. The third-order valence-corrected chi connectivity index (χ3v) is 3.10. The van der Waals surface area contributed by atoms with Crippen LogP contribution in [0.2, 0.25) is 0 Å². The molecule has 0 unspecified atom stereocenters. The number of nitrogens with one attached hydrogen (secondary N) is 1. The van der Waals surface area contributed by atoms with Gasteiger partial charge in [0.05, 0.1) is 11.0 Å². The van der Waals surface area contributed by atoms with Gasteiger partial charge in [-0.3, -0.25) is 9.59 Å². The zero-order valence-electron chi connectivity index (χ0n) is 9.44. The van der Waals surface area contributed by atoms with Gasteiger partial charge in [0, 0.05) is 6.54 Å². The number of carbonyl (C=O) groups is 2. The molecule has 1 amide bonds. The lowest BCUT2D eigenvalue weighted by atomic mass is 10.1. The number of carboxylic acids is 1. The normalized spacial score (nSPS) is 16.1. The molecule has 1 saturated carbocycles. The van der Waals surface area contributed by atoms with Crippen LogP contribution in [-0.2, 0) is 4.79 Å². The van der Waals surface area contributed by atoms with Crippen LogP contribution in [0, 0.1) is 11.2 Å². The molecule has 2 rings (SSSR count). The second-order valence-corrected chi connectivity index (χ2v) is 4.43. The fourth-order valence-corrected chi connectivity index (χ4v) is 1.65. The van der Waals surface area contributed by atoms with E-state index in [-0.39, 0.29) is 17.9 Å². The Kier molecular flexibility index (Phi) is 2.94. The number of carbonyl (C=O) groups excluding carboxylic acids is 1. The molecule has 0 saturated heterocycles. The first-order valence-corrected chi connectivity index (χ1v) is 5.45. The number of aromatic hydroxyl groups is 1. The average Bonchev–Trinajstić information content (AvgIpc) is 3.10. The predicted molar refractivity (Wildman–Crippen MR) is 59.7 cm³/mol. The van der Waals surface area contributed by atoms with Gasteiger partial charge in [-0.25, -0.2) is 4.39 Å². The lowest BCUT2D eigenvalue weighted by molar-refractivity contribution is -0.143. The van der Waals surface area contributed by atoms with Crippen molar-refractivity contribution < 1.29 is 24.2 Å². The van der Waals surface area contributed by atoms with E-state index >= 15 is 0 Å². The highest BCUT2D eigenvalue weighted by Crippen LogP contribution is 2.45. The van der Waals surface area contributed by atoms with Crippen LogP contribution in [0.3, 0.4) is 0 Å². The van der Waals surface area contributed by atoms with Crippen molar-refractivity contribution >= 4 is 11.9 Å². The maximum Gasteiger partial charge on any atom is 0.311 e. The van der Waals surface area contributed by atoms with Gasteiger partial charge < -0.3 is 15.5 Å². The summed E-state index contributed by atoms with van der Waals surface area (Å²) in [4.78, 5) is 22.6. The largest absolute Gasteiger partial charge is 0.507 e. The van der Waals surface area contributed by atoms with Crippen LogP contribution in [0.1, 0.15) is 23.2 Å². The SMILES string of the molecule is O=C(NCC1(C(=O)O)CC1)c1cc(F)ccc1O. The van der Waals surface area contributed by atoms with Crippen molar-refractivity contribution in [1.82, 2.24) is 5.32 Å². The number of benzene rings is 1. The van der Waals surface area contributed by atoms with Gasteiger partial charge >= 0.3 is 5.97 Å². The van der Waals surface area contributed by atoms with Crippen LogP contribution in [0.5, 0.6) is 5.75 Å². The third kappa shape index (κ3) is 2.27. The van der Waals surface area contributed by atoms with E-state index < -0.39 is 23.1 Å². The first kappa shape index (κ1) is 12.3. The van der Waals surface area contributed by atoms with Crippen LogP contribution in [0.4, 0.5) is 4.39 Å². The lowest BCUT2D eigenvalue weighted by Gasteiger charge is -2.11. The molecule has 0 aliphatic heterocycles. The molecular formula is C12H12FNO4. The molecule has 3 N–H and O–H groups in total. The molecule has 1 fully saturated rings. The molecule has 1 aliphatic carbocycles. The molecule has 1 aromatic carbocycles. The molecule has 0 aromatic heterocycles. The second kappa shape index (κ2) is 4.29. The van der Waals surface area contributed by atoms with Gasteiger partial charge in [-0.15, -0.1) is 0 Å². The number of phenols is 1. The number of rotatable bonds is 4. The van der Waals surface area contributed by atoms with Gasteiger partial charge in [0.15, 0.2) is 0 Å². The van der Waals surface area contributed by atoms with E-state index in [0.717, 1.165) is 18.2 Å². The zero-order chi connectivity index (χ0) is 13.3. The molecule has 18 heavy (non-hydrogen) atoms. The van der Waals surface area contributed by atoms with Crippen molar-refractivity contribution in [3.63, 3.8) is 0 Å². The molecule has 0 radical (unpaired) electrons. The molecule has 0 bridgehead atoms. The highest BCUT2D eigenvalue weighted by atomic mass is 19.1. The van der Waals surface area contributed by atoms with E-state index in [0.29, 0.717) is 12.8 Å². The molecule has 0 spiro atoms. The Labute approximate surface area is 102 Å². The quantitative estimate of drug-likeness (QED) is 0.750. The highest BCUT2D eigenvalue weighted by molar-refractivity contribution is 5.97. The highest BCUT2D eigenvalue weighted by Gasteiger charge is 2.50. The lowest BCUT2D eigenvalue weighted by Crippen LogP contribution is -2.34. The van der Waals surface area contributed by atoms with Crippen molar-refractivity contribution in [2.24, 2.45) is 5.41 Å². The number of halogens is 1. The van der Waals surface area contributed by atoms with Gasteiger partial charge in [0.25, 0.3) is 5.91 Å². The smallest absolute Gasteiger partial charge is 0.311 e. The maximum absolute atomic E-state index is 12.9. The van der Waals surface area contributed by atoms with Crippen molar-refractivity contribution in [3.8, 4) is 5.75 Å². The van der Waals surface area contributed by atoms with Gasteiger partial charge in [0.2, 0.25) is 0 Å². The number of hydrogen-bond acceptors (Lipinski definition) is 3. The molecule has 1 aromatic rings. The topological polar surface area (TPSA) is 86.6 Å². The monoisotopic (exact) mass is 253 g/mol. The van der Waals surface area contributed by atoms with E-state index in [1.54, 1.807) is 0 Å². The van der Waals surface area contributed by atoms with Crippen molar-refractivity contribution in [1.29, 1.82) is 0 Å². The Hall–Kier alpha value is -2.11. The van der Waals surface area contributed by atoms with Crippen molar-refractivity contribution in [2.75, 3.05) is 6.54 Å². The molecular weight excluding hydrogens is 241 g/mol. The maximum atomic E-state index is 12.9. The van der Waals surface area contributed by atoms with E-state index in [4.69, 9.17) is 5.11 Å². The Morgan fingerprint density at radius 1 is 1.39 bits per heavy atom. The van der Waals surface area contributed by atoms with E-state index in [9.17, 15) is 19.1 Å². The number of carboxylic acid groups (broad SMARTS) is 1. The van der Waals surface area contributed by atoms with E-state index in [1.165, 1.54) is 0 Å². The van der Waals surface area contributed by atoms with Gasteiger partial charge in [-0.2, -0.15) is 0 Å². The van der Waals surface area contributed by atoms with Gasteiger partial charge in [-0.1, -0.05) is 0 Å². The summed E-state index contributed by atoms with van der Waals surface area (Å²) in [6.45, 7) is -0.0167. The fourth-order valence-electron chi connectivity index (χ4n) is 1.65. The van der Waals surface area contributed by atoms with Crippen LogP contribution < -0.4 is 5.32 Å². The first-order chi connectivity index (χ1) is 8.44. The van der Waals surface area contributed by atoms with Crippen molar-refractivity contribution in [2.45, 2.75) is 12.8 Å². The van der Waals surface area contributed by atoms with Crippen LogP contribution in [-0.4, -0.2) is 28.6 Å². The minimum Gasteiger partial charge on any atom is -0.507 e. The Morgan fingerprint density at radius 3 is 2.61 bits per heavy atom. The summed E-state index contributed by atoms with van der Waals surface area (Å²) in [7, 11) is 0. The van der Waals surface area contributed by atoms with E-state index in [1.807, 2.05) is 0 Å². The summed E-state index contributed by atoms with van der Waals surface area (Å²) < 4.78 is 12.9. The standard InChI is InChI=1S/C12H12FNO4/c13-7-1-2-9(15)8(5-7)10(16)14-6-12(3-4-12)11(17)18/h1-2,5,15H,3-4,6H2,(H,14,16)(H,17,18). The average molecular weight is 253 g/mol. The Balaban J connectivity index is 2.04. The molecule has 1 aliphatic rings. The number of amides is 1. The molecule has 96 valence electrons. The van der Waals surface area contributed by atoms with Crippen LogP contribution in [0.25, 0.3) is 0 Å². The summed E-state index contributed by atoms with van der Waals surface area (Å²) in [5.41, 5.74) is -1.09. The summed E-state index contributed by atoms with van der Waals surface area (Å²) in [5.74, 6) is -2.61. The molecule has 0 atom stereocenters. The first-order valence-electron chi connectivity index (χ1n) is 5.45. The van der Waals surface area contributed by atoms with Crippen LogP contribution >= 0.6 is 0 Å². The zero-order valence-corrected chi connectivity index (χ0v) is 9.44. The number of aliphatic carboxylic acids is 1. The summed E-state index contributed by atoms with van der Waals surface area (Å²) in [5, 5.41) is 20.7. The van der Waals surface area contributed by atoms with Gasteiger partial charge in [-0.05, 0) is 31.0 Å². The Bertz CT molecular complexity index is 511. The van der Waals surface area contributed by atoms with Crippen LogP contribution in [0.15, 0.2) is 18.2 Å². The number of phenolic OH excluding ortho intramolecular Hbond substituents is 1. The molecule has 5 nitrogen and oxygen atoms in total. The molecule has 6 heteroatoms. The Morgan fingerprint density at radius 2 is 2.06 bits per heavy atom. The number of hydrogen-bond donors (Lipinski definition) is 3. The van der Waals surface area contributed by atoms with Crippen molar-refractivity contribution in [3.05, 3.63) is 29.6 Å².